The summed E-state index contributed by atoms with van der Waals surface area (Å²) in [6.45, 7) is 2.12. The van der Waals surface area contributed by atoms with Gasteiger partial charge in [-0.25, -0.2) is 0 Å². The van der Waals surface area contributed by atoms with Gasteiger partial charge in [-0.3, -0.25) is 9.69 Å². The number of aromatic nitrogens is 1. The summed E-state index contributed by atoms with van der Waals surface area (Å²) in [6.07, 6.45) is -2.06. The molecule has 0 bridgehead atoms. The zero-order chi connectivity index (χ0) is 21.3. The Morgan fingerprint density at radius 1 is 1.20 bits per heavy atom. The molecule has 4 rings (SSSR count). The molecule has 1 aromatic heterocycles. The van der Waals surface area contributed by atoms with E-state index in [0.29, 0.717) is 63.3 Å². The third-order valence-corrected chi connectivity index (χ3v) is 5.94. The highest BCUT2D eigenvalue weighted by Crippen LogP contribution is 2.39. The fraction of sp³-hybridized carbons (Fsp3) is 0.476. The van der Waals surface area contributed by atoms with Crippen molar-refractivity contribution in [3.63, 3.8) is 0 Å². The molecule has 6 nitrogen and oxygen atoms in total. The lowest BCUT2D eigenvalue weighted by Crippen LogP contribution is -2.39. The highest BCUT2D eigenvalue weighted by Gasteiger charge is 2.37. The Balaban J connectivity index is 1.44. The van der Waals surface area contributed by atoms with Gasteiger partial charge < -0.3 is 14.2 Å². The molecule has 1 aromatic carbocycles. The number of benzene rings is 1. The van der Waals surface area contributed by atoms with Crippen LogP contribution < -0.4 is 0 Å². The van der Waals surface area contributed by atoms with Crippen molar-refractivity contribution in [1.29, 1.82) is 0 Å². The van der Waals surface area contributed by atoms with E-state index in [9.17, 15) is 22.8 Å². The van der Waals surface area contributed by atoms with Crippen LogP contribution in [0.5, 0.6) is 0 Å². The minimum absolute atomic E-state index is 0.241. The molecule has 0 N–H and O–H groups in total. The summed E-state index contributed by atoms with van der Waals surface area (Å²) in [5.41, 5.74) is 0.753. The van der Waals surface area contributed by atoms with E-state index in [1.54, 1.807) is 11.0 Å². The Morgan fingerprint density at radius 2 is 1.93 bits per heavy atom. The fourth-order valence-electron chi connectivity index (χ4n) is 4.36. The third-order valence-electron chi connectivity index (χ3n) is 5.94. The van der Waals surface area contributed by atoms with Crippen molar-refractivity contribution in [1.82, 2.24) is 15.0 Å². The number of rotatable bonds is 4. The van der Waals surface area contributed by atoms with Gasteiger partial charge in [-0.1, -0.05) is 23.4 Å². The van der Waals surface area contributed by atoms with E-state index in [4.69, 9.17) is 4.52 Å². The normalized spacial score (nSPS) is 18.3. The summed E-state index contributed by atoms with van der Waals surface area (Å²) in [5, 5.41) is 3.96. The number of aldehydes is 1. The molecule has 0 spiro atoms. The van der Waals surface area contributed by atoms with Crippen molar-refractivity contribution in [2.75, 3.05) is 26.2 Å². The van der Waals surface area contributed by atoms with E-state index in [1.807, 2.05) is 4.90 Å². The van der Waals surface area contributed by atoms with Gasteiger partial charge in [0, 0.05) is 25.2 Å². The number of nitrogens with zero attached hydrogens (tertiary/aromatic N) is 3. The smallest absolute Gasteiger partial charge is 0.359 e. The lowest BCUT2D eigenvalue weighted by Gasteiger charge is -2.33. The molecular weight excluding hydrogens is 399 g/mol. The Kier molecular flexibility index (Phi) is 5.64. The molecule has 1 amide bonds. The summed E-state index contributed by atoms with van der Waals surface area (Å²) in [4.78, 5) is 27.2. The first-order chi connectivity index (χ1) is 14.4. The molecule has 3 heterocycles. The van der Waals surface area contributed by atoms with Crippen molar-refractivity contribution >= 4 is 12.2 Å². The van der Waals surface area contributed by atoms with Crippen LogP contribution in [0.15, 0.2) is 28.8 Å². The Labute approximate surface area is 171 Å². The van der Waals surface area contributed by atoms with E-state index in [-0.39, 0.29) is 17.5 Å². The van der Waals surface area contributed by atoms with Gasteiger partial charge in [0.2, 0.25) is 0 Å². The number of halogens is 3. The summed E-state index contributed by atoms with van der Waals surface area (Å²) in [7, 11) is 0. The molecule has 0 unspecified atom stereocenters. The molecule has 0 saturated carbocycles. The van der Waals surface area contributed by atoms with Gasteiger partial charge in [-0.15, -0.1) is 0 Å². The predicted octanol–water partition coefficient (Wildman–Crippen LogP) is 3.27. The van der Waals surface area contributed by atoms with Gasteiger partial charge in [-0.05, 0) is 36.8 Å². The van der Waals surface area contributed by atoms with Crippen LogP contribution in [0.1, 0.15) is 51.7 Å². The number of hydrogen-bond acceptors (Lipinski definition) is 5. The molecule has 9 heteroatoms. The number of carbonyl (C=O) groups excluding carboxylic acids is 2. The maximum atomic E-state index is 13.3. The monoisotopic (exact) mass is 421 g/mol. The lowest BCUT2D eigenvalue weighted by molar-refractivity contribution is -0.138. The van der Waals surface area contributed by atoms with Crippen molar-refractivity contribution in [3.05, 3.63) is 52.4 Å². The standard InChI is InChI=1S/C21H22F3N3O3/c22-21(23,24)17-4-2-1-3-15(17)14-5-9-27(10-6-14)20(29)19-16-7-8-26(11-12-28)13-18(16)30-25-19/h1-4,12,14H,5-11,13H2. The van der Waals surface area contributed by atoms with E-state index >= 15 is 0 Å². The second-order valence-corrected chi connectivity index (χ2v) is 7.74. The molecule has 0 radical (unpaired) electrons. The van der Waals surface area contributed by atoms with Crippen molar-refractivity contribution in [2.24, 2.45) is 0 Å². The number of fused-ring (bicyclic) bond motifs is 1. The van der Waals surface area contributed by atoms with Crippen LogP contribution in [-0.4, -0.2) is 53.3 Å². The van der Waals surface area contributed by atoms with E-state index in [2.05, 4.69) is 5.16 Å². The van der Waals surface area contributed by atoms with Gasteiger partial charge in [-0.2, -0.15) is 13.2 Å². The minimum Gasteiger partial charge on any atom is -0.359 e. The third kappa shape index (κ3) is 3.98. The molecule has 2 aliphatic heterocycles. The largest absolute Gasteiger partial charge is 0.416 e. The number of hydrogen-bond donors (Lipinski definition) is 0. The molecule has 0 aliphatic carbocycles. The Hall–Kier alpha value is -2.68. The molecule has 1 saturated heterocycles. The Bertz CT molecular complexity index is 933. The van der Waals surface area contributed by atoms with Crippen LogP contribution in [-0.2, 0) is 23.9 Å². The van der Waals surface area contributed by atoms with Crippen molar-refractivity contribution in [2.45, 2.75) is 37.9 Å². The van der Waals surface area contributed by atoms with Crippen LogP contribution in [0.4, 0.5) is 13.2 Å². The number of piperidine rings is 1. The van der Waals surface area contributed by atoms with Gasteiger partial charge in [0.25, 0.3) is 5.91 Å². The first-order valence-electron chi connectivity index (χ1n) is 9.97. The molecular formula is C21H22F3N3O3. The Morgan fingerprint density at radius 3 is 2.63 bits per heavy atom. The molecule has 2 aliphatic rings. The zero-order valence-electron chi connectivity index (χ0n) is 16.3. The number of likely N-dealkylation sites (tertiary alicyclic amines) is 1. The second kappa shape index (κ2) is 8.22. The average molecular weight is 421 g/mol. The van der Waals surface area contributed by atoms with Gasteiger partial charge in [0.05, 0.1) is 18.7 Å². The van der Waals surface area contributed by atoms with Gasteiger partial charge in [0.1, 0.15) is 6.29 Å². The number of carbonyl (C=O) groups is 2. The molecule has 2 aromatic rings. The maximum Gasteiger partial charge on any atom is 0.416 e. The van der Waals surface area contributed by atoms with Crippen molar-refractivity contribution in [3.8, 4) is 0 Å². The van der Waals surface area contributed by atoms with Crippen LogP contribution in [0, 0.1) is 0 Å². The molecule has 0 atom stereocenters. The summed E-state index contributed by atoms with van der Waals surface area (Å²) in [6, 6.07) is 5.67. The van der Waals surface area contributed by atoms with Crippen LogP contribution in [0.25, 0.3) is 0 Å². The lowest BCUT2D eigenvalue weighted by atomic mass is 9.86. The SMILES string of the molecule is O=CCN1CCc2c(C(=O)N3CCC(c4ccccc4C(F)(F)F)CC3)noc2C1. The predicted molar refractivity (Wildman–Crippen MR) is 101 cm³/mol. The van der Waals surface area contributed by atoms with Crippen LogP contribution in [0.3, 0.4) is 0 Å². The zero-order valence-corrected chi connectivity index (χ0v) is 16.3. The van der Waals surface area contributed by atoms with Crippen LogP contribution in [0.2, 0.25) is 0 Å². The average Bonchev–Trinajstić information content (AvgIpc) is 3.16. The summed E-state index contributed by atoms with van der Waals surface area (Å²) in [5.74, 6) is 0.113. The fourth-order valence-corrected chi connectivity index (χ4v) is 4.36. The quantitative estimate of drug-likeness (QED) is 0.709. The number of amides is 1. The molecule has 30 heavy (non-hydrogen) atoms. The molecule has 1 fully saturated rings. The highest BCUT2D eigenvalue weighted by molar-refractivity contribution is 5.94. The second-order valence-electron chi connectivity index (χ2n) is 7.74. The molecule has 160 valence electrons. The maximum absolute atomic E-state index is 13.3. The van der Waals surface area contributed by atoms with E-state index in [1.165, 1.54) is 12.1 Å². The first-order valence-corrected chi connectivity index (χ1v) is 9.97. The first kappa shape index (κ1) is 20.6. The van der Waals surface area contributed by atoms with E-state index in [0.717, 1.165) is 17.9 Å². The van der Waals surface area contributed by atoms with Gasteiger partial charge >= 0.3 is 6.18 Å². The summed E-state index contributed by atoms with van der Waals surface area (Å²) < 4.78 is 45.3. The minimum atomic E-state index is -4.39. The van der Waals surface area contributed by atoms with Crippen molar-refractivity contribution < 1.29 is 27.3 Å². The summed E-state index contributed by atoms with van der Waals surface area (Å²) >= 11 is 0. The van der Waals surface area contributed by atoms with E-state index < -0.39 is 11.7 Å². The topological polar surface area (TPSA) is 66.7 Å². The number of alkyl halides is 3. The van der Waals surface area contributed by atoms with Gasteiger partial charge in [0.15, 0.2) is 11.5 Å². The highest BCUT2D eigenvalue weighted by atomic mass is 19.4. The van der Waals surface area contributed by atoms with Crippen LogP contribution >= 0.6 is 0 Å².